The van der Waals surface area contributed by atoms with Gasteiger partial charge in [0.1, 0.15) is 17.8 Å². The van der Waals surface area contributed by atoms with Crippen LogP contribution >= 0.6 is 23.2 Å². The van der Waals surface area contributed by atoms with Crippen molar-refractivity contribution in [1.82, 2.24) is 10.2 Å². The molecule has 1 unspecified atom stereocenters. The van der Waals surface area contributed by atoms with Crippen molar-refractivity contribution in [3.63, 3.8) is 0 Å². The molecule has 7 nitrogen and oxygen atoms in total. The fourth-order valence-electron chi connectivity index (χ4n) is 3.14. The Bertz CT molecular complexity index is 1010. The van der Waals surface area contributed by atoms with E-state index >= 15 is 0 Å². The molecule has 9 heteroatoms. The zero-order valence-electron chi connectivity index (χ0n) is 16.0. The van der Waals surface area contributed by atoms with Gasteiger partial charge in [-0.3, -0.25) is 14.5 Å². The number of imide groups is 1. The number of ether oxygens (including phenoxy) is 1. The minimum Gasteiger partial charge on any atom is -0.496 e. The van der Waals surface area contributed by atoms with E-state index in [9.17, 15) is 14.4 Å². The number of methoxy groups -OCH3 is 1. The number of halogens is 2. The molecule has 1 saturated heterocycles. The predicted octanol–water partition coefficient (Wildman–Crippen LogP) is 3.72. The average molecular weight is 436 g/mol. The number of hydrogen-bond donors (Lipinski definition) is 2. The van der Waals surface area contributed by atoms with Gasteiger partial charge in [0.2, 0.25) is 5.91 Å². The second-order valence-corrected chi connectivity index (χ2v) is 7.62. The largest absolute Gasteiger partial charge is 0.496 e. The first-order valence-electron chi connectivity index (χ1n) is 8.70. The fourth-order valence-corrected chi connectivity index (χ4v) is 3.44. The van der Waals surface area contributed by atoms with Gasteiger partial charge in [-0.25, -0.2) is 4.79 Å². The van der Waals surface area contributed by atoms with Gasteiger partial charge < -0.3 is 15.4 Å². The van der Waals surface area contributed by atoms with E-state index in [1.807, 2.05) is 6.92 Å². The van der Waals surface area contributed by atoms with E-state index in [4.69, 9.17) is 27.9 Å². The van der Waals surface area contributed by atoms with Crippen molar-refractivity contribution >= 4 is 46.7 Å². The highest BCUT2D eigenvalue weighted by Gasteiger charge is 2.49. The van der Waals surface area contributed by atoms with E-state index in [1.165, 1.54) is 12.1 Å². The summed E-state index contributed by atoms with van der Waals surface area (Å²) in [5.41, 5.74) is 0.549. The molecule has 0 aliphatic carbocycles. The number of rotatable bonds is 5. The molecule has 0 spiro atoms. The summed E-state index contributed by atoms with van der Waals surface area (Å²) >= 11 is 11.8. The number of nitrogens with zero attached hydrogens (tertiary/aromatic N) is 1. The number of carbonyl (C=O) groups excluding carboxylic acids is 3. The van der Waals surface area contributed by atoms with Crippen LogP contribution in [0, 0.1) is 6.92 Å². The van der Waals surface area contributed by atoms with Crippen LogP contribution in [0.5, 0.6) is 5.75 Å². The highest BCUT2D eigenvalue weighted by Crippen LogP contribution is 2.32. The zero-order chi connectivity index (χ0) is 21.3. The minimum absolute atomic E-state index is 0.280. The predicted molar refractivity (Wildman–Crippen MR) is 110 cm³/mol. The van der Waals surface area contributed by atoms with Crippen LogP contribution in [0.3, 0.4) is 0 Å². The average Bonchev–Trinajstić information content (AvgIpc) is 2.88. The van der Waals surface area contributed by atoms with Gasteiger partial charge in [0.05, 0.1) is 17.2 Å². The number of aryl methyl sites for hydroxylation is 1. The van der Waals surface area contributed by atoms with Gasteiger partial charge in [0, 0.05) is 5.69 Å². The summed E-state index contributed by atoms with van der Waals surface area (Å²) in [6.07, 6.45) is 0. The topological polar surface area (TPSA) is 87.7 Å². The van der Waals surface area contributed by atoms with E-state index in [-0.39, 0.29) is 5.02 Å². The van der Waals surface area contributed by atoms with Gasteiger partial charge in [-0.1, -0.05) is 29.3 Å². The third-order valence-electron chi connectivity index (χ3n) is 4.75. The molecule has 1 heterocycles. The van der Waals surface area contributed by atoms with E-state index in [2.05, 4.69) is 10.6 Å². The molecule has 1 fully saturated rings. The van der Waals surface area contributed by atoms with Crippen molar-refractivity contribution in [2.24, 2.45) is 0 Å². The van der Waals surface area contributed by atoms with Crippen LogP contribution in [-0.4, -0.2) is 36.4 Å². The van der Waals surface area contributed by atoms with Gasteiger partial charge in [0.15, 0.2) is 0 Å². The van der Waals surface area contributed by atoms with Gasteiger partial charge in [0.25, 0.3) is 5.91 Å². The molecular weight excluding hydrogens is 417 g/mol. The molecule has 2 aromatic carbocycles. The normalized spacial score (nSPS) is 18.6. The monoisotopic (exact) mass is 435 g/mol. The van der Waals surface area contributed by atoms with Crippen molar-refractivity contribution in [3.05, 3.63) is 57.6 Å². The molecule has 2 aromatic rings. The Morgan fingerprint density at radius 2 is 1.90 bits per heavy atom. The molecular formula is C20H19Cl2N3O4. The Morgan fingerprint density at radius 1 is 1.17 bits per heavy atom. The maximum atomic E-state index is 13.0. The second kappa shape index (κ2) is 7.93. The molecule has 3 rings (SSSR count). The second-order valence-electron chi connectivity index (χ2n) is 6.81. The highest BCUT2D eigenvalue weighted by atomic mass is 35.5. The Kier molecular flexibility index (Phi) is 5.73. The van der Waals surface area contributed by atoms with Crippen molar-refractivity contribution in [1.29, 1.82) is 0 Å². The molecule has 0 saturated carbocycles. The van der Waals surface area contributed by atoms with Crippen molar-refractivity contribution in [2.75, 3.05) is 19.0 Å². The molecule has 152 valence electrons. The molecule has 1 aliphatic rings. The first-order chi connectivity index (χ1) is 13.7. The van der Waals surface area contributed by atoms with Crippen LogP contribution in [0.4, 0.5) is 10.5 Å². The number of benzene rings is 2. The molecule has 4 amide bonds. The van der Waals surface area contributed by atoms with Gasteiger partial charge in [-0.15, -0.1) is 0 Å². The zero-order valence-corrected chi connectivity index (χ0v) is 17.5. The Balaban J connectivity index is 1.76. The summed E-state index contributed by atoms with van der Waals surface area (Å²) in [4.78, 5) is 38.6. The number of urea groups is 1. The van der Waals surface area contributed by atoms with Gasteiger partial charge >= 0.3 is 6.03 Å². The van der Waals surface area contributed by atoms with Crippen LogP contribution < -0.4 is 15.4 Å². The lowest BCUT2D eigenvalue weighted by molar-refractivity contribution is -0.133. The summed E-state index contributed by atoms with van der Waals surface area (Å²) in [5.74, 6) is -0.384. The van der Waals surface area contributed by atoms with Crippen LogP contribution in [0.2, 0.25) is 10.0 Å². The molecule has 0 bridgehead atoms. The summed E-state index contributed by atoms with van der Waals surface area (Å²) in [7, 11) is 1.56. The van der Waals surface area contributed by atoms with Gasteiger partial charge in [-0.2, -0.15) is 0 Å². The lowest BCUT2D eigenvalue weighted by Gasteiger charge is -2.23. The van der Waals surface area contributed by atoms with Crippen LogP contribution in [-0.2, 0) is 15.1 Å². The Labute approximate surface area is 177 Å². The number of carbonyl (C=O) groups is 3. The molecule has 2 N–H and O–H groups in total. The lowest BCUT2D eigenvalue weighted by Crippen LogP contribution is -2.42. The van der Waals surface area contributed by atoms with Crippen LogP contribution in [0.15, 0.2) is 36.4 Å². The molecule has 1 aliphatic heterocycles. The van der Waals surface area contributed by atoms with Crippen molar-refractivity contribution in [2.45, 2.75) is 19.4 Å². The van der Waals surface area contributed by atoms with E-state index in [0.29, 0.717) is 22.0 Å². The Morgan fingerprint density at radius 3 is 2.52 bits per heavy atom. The fraction of sp³-hybridized carbons (Fsp3) is 0.250. The number of anilines is 1. The maximum absolute atomic E-state index is 13.0. The third-order valence-corrected chi connectivity index (χ3v) is 5.49. The third kappa shape index (κ3) is 4.02. The maximum Gasteiger partial charge on any atom is 0.325 e. The van der Waals surface area contributed by atoms with Crippen LogP contribution in [0.25, 0.3) is 0 Å². The number of hydrogen-bond acceptors (Lipinski definition) is 4. The SMILES string of the molecule is COc1ccc(C2(C)NC(=O)N(CC(=O)Nc3ccc(Cl)c(Cl)c3)C2=O)cc1C. The van der Waals surface area contributed by atoms with Crippen molar-refractivity contribution in [3.8, 4) is 5.75 Å². The Hall–Kier alpha value is -2.77. The highest BCUT2D eigenvalue weighted by molar-refractivity contribution is 6.42. The van der Waals surface area contributed by atoms with Crippen LogP contribution in [0.1, 0.15) is 18.1 Å². The lowest BCUT2D eigenvalue weighted by atomic mass is 9.90. The quantitative estimate of drug-likeness (QED) is 0.700. The van der Waals surface area contributed by atoms with E-state index in [0.717, 1.165) is 10.5 Å². The van der Waals surface area contributed by atoms with E-state index in [1.54, 1.807) is 38.3 Å². The van der Waals surface area contributed by atoms with Crippen molar-refractivity contribution < 1.29 is 19.1 Å². The van der Waals surface area contributed by atoms with E-state index < -0.39 is 29.9 Å². The molecule has 0 radical (unpaired) electrons. The first kappa shape index (κ1) is 21.0. The summed E-state index contributed by atoms with van der Waals surface area (Å²) < 4.78 is 5.24. The number of nitrogens with one attached hydrogen (secondary N) is 2. The molecule has 0 aromatic heterocycles. The smallest absolute Gasteiger partial charge is 0.325 e. The molecule has 29 heavy (non-hydrogen) atoms. The minimum atomic E-state index is -1.28. The molecule has 1 atom stereocenters. The summed E-state index contributed by atoms with van der Waals surface area (Å²) in [6, 6.07) is 9.17. The summed E-state index contributed by atoms with van der Waals surface area (Å²) in [6.45, 7) is 3.01. The number of amides is 4. The standard InChI is InChI=1S/C20H19Cl2N3O4/c1-11-8-12(4-7-16(11)29-3)20(2)18(27)25(19(28)24-20)10-17(26)23-13-5-6-14(21)15(22)9-13/h4-9H,10H2,1-3H3,(H,23,26)(H,24,28). The summed E-state index contributed by atoms with van der Waals surface area (Å²) in [5, 5.41) is 5.90. The first-order valence-corrected chi connectivity index (χ1v) is 9.45. The van der Waals surface area contributed by atoms with Gasteiger partial charge in [-0.05, 0) is 55.3 Å².